The first kappa shape index (κ1) is 12.1. The lowest BCUT2D eigenvalue weighted by Crippen LogP contribution is -2.61. The summed E-state index contributed by atoms with van der Waals surface area (Å²) >= 11 is 2.16. The molecule has 0 saturated carbocycles. The highest BCUT2D eigenvalue weighted by molar-refractivity contribution is 14.1. The van der Waals surface area contributed by atoms with Crippen LogP contribution in [0.2, 0.25) is 0 Å². The number of rotatable bonds is 1. The highest BCUT2D eigenvalue weighted by Crippen LogP contribution is 2.29. The molecule has 0 radical (unpaired) electrons. The van der Waals surface area contributed by atoms with E-state index in [0.29, 0.717) is 0 Å². The van der Waals surface area contributed by atoms with Gasteiger partial charge in [-0.3, -0.25) is 0 Å². The predicted octanol–water partition coefficient (Wildman–Crippen LogP) is 1.32. The number of piperidine rings is 1. The monoisotopic (exact) mass is 333 g/mol. The number of aromatic nitrogens is 1. The molecule has 0 bridgehead atoms. The quantitative estimate of drug-likeness (QED) is 0.601. The lowest BCUT2D eigenvalue weighted by Gasteiger charge is -2.46. The van der Waals surface area contributed by atoms with E-state index in [1.54, 1.807) is 13.1 Å². The van der Waals surface area contributed by atoms with Gasteiger partial charge in [-0.2, -0.15) is 0 Å². The van der Waals surface area contributed by atoms with E-state index in [0.717, 1.165) is 28.8 Å². The topological polar surface area (TPSA) is 62.4 Å². The van der Waals surface area contributed by atoms with E-state index < -0.39 is 5.72 Å². The van der Waals surface area contributed by atoms with Gasteiger partial charge in [0.2, 0.25) is 0 Å². The normalized spacial score (nSPS) is 30.5. The van der Waals surface area contributed by atoms with E-state index in [1.165, 1.54) is 0 Å². The zero-order valence-electron chi connectivity index (χ0n) is 9.23. The Morgan fingerprint density at radius 2 is 2.38 bits per heavy atom. The van der Waals surface area contributed by atoms with E-state index in [1.807, 2.05) is 17.0 Å². The van der Waals surface area contributed by atoms with Gasteiger partial charge in [-0.1, -0.05) is 0 Å². The Hall–Kier alpha value is -0.400. The molecule has 0 aromatic carbocycles. The van der Waals surface area contributed by atoms with Crippen molar-refractivity contribution in [3.8, 4) is 0 Å². The summed E-state index contributed by atoms with van der Waals surface area (Å²) in [5, 5.41) is 10.4. The number of hydrogen-bond acceptors (Lipinski definition) is 4. The van der Waals surface area contributed by atoms with Gasteiger partial charge in [0.05, 0.1) is 17.9 Å². The van der Waals surface area contributed by atoms with Crippen LogP contribution in [-0.4, -0.2) is 28.4 Å². The Labute approximate surface area is 109 Å². The first-order valence-corrected chi connectivity index (χ1v) is 6.47. The third kappa shape index (κ3) is 2.16. The van der Waals surface area contributed by atoms with E-state index in [-0.39, 0.29) is 6.04 Å². The van der Waals surface area contributed by atoms with Gasteiger partial charge in [-0.25, -0.2) is 4.98 Å². The molecule has 4 nitrogen and oxygen atoms in total. The van der Waals surface area contributed by atoms with E-state index in [4.69, 9.17) is 5.73 Å². The molecule has 1 aromatic rings. The largest absolute Gasteiger partial charge is 0.370 e. The molecule has 1 fully saturated rings. The van der Waals surface area contributed by atoms with Gasteiger partial charge in [0, 0.05) is 6.54 Å². The molecule has 3 N–H and O–H groups in total. The number of anilines is 1. The Kier molecular flexibility index (Phi) is 3.37. The summed E-state index contributed by atoms with van der Waals surface area (Å²) in [7, 11) is 0. The van der Waals surface area contributed by atoms with E-state index in [9.17, 15) is 5.11 Å². The second-order valence-electron chi connectivity index (χ2n) is 4.33. The molecule has 1 unspecified atom stereocenters. The number of nitrogens with zero attached hydrogens (tertiary/aromatic N) is 2. The van der Waals surface area contributed by atoms with Gasteiger partial charge >= 0.3 is 0 Å². The van der Waals surface area contributed by atoms with Gasteiger partial charge < -0.3 is 15.7 Å². The van der Waals surface area contributed by atoms with Crippen LogP contribution in [0, 0.1) is 3.70 Å². The number of aliphatic hydroxyl groups is 1. The van der Waals surface area contributed by atoms with Crippen molar-refractivity contribution in [3.05, 3.63) is 22.0 Å². The zero-order chi connectivity index (χ0) is 11.8. The number of pyridine rings is 1. The predicted molar refractivity (Wildman–Crippen MR) is 72.1 cm³/mol. The summed E-state index contributed by atoms with van der Waals surface area (Å²) in [5.41, 5.74) is 5.91. The van der Waals surface area contributed by atoms with Crippen molar-refractivity contribution in [2.75, 3.05) is 11.4 Å². The fraction of sp³-hybridized carbons (Fsp3) is 0.545. The molecule has 2 rings (SSSR count). The maximum Gasteiger partial charge on any atom is 0.150 e. The molecular weight excluding hydrogens is 317 g/mol. The minimum absolute atomic E-state index is 0.208. The smallest absolute Gasteiger partial charge is 0.150 e. The summed E-state index contributed by atoms with van der Waals surface area (Å²) in [6, 6.07) is 3.70. The van der Waals surface area contributed by atoms with Crippen LogP contribution in [0.3, 0.4) is 0 Å². The molecule has 0 spiro atoms. The van der Waals surface area contributed by atoms with Gasteiger partial charge in [-0.15, -0.1) is 0 Å². The minimum atomic E-state index is -0.979. The molecule has 5 heteroatoms. The number of nitrogens with two attached hydrogens (primary N) is 1. The SMILES string of the molecule is C[C@]1(O)C(N)CCCN1c1ccc(I)nc1. The summed E-state index contributed by atoms with van der Waals surface area (Å²) < 4.78 is 0.947. The lowest BCUT2D eigenvalue weighted by molar-refractivity contribution is 0.0124. The Balaban J connectivity index is 2.28. The van der Waals surface area contributed by atoms with Crippen LogP contribution in [0.4, 0.5) is 5.69 Å². The second-order valence-corrected chi connectivity index (χ2v) is 5.44. The average molecular weight is 333 g/mol. The number of halogens is 1. The van der Waals surface area contributed by atoms with Crippen LogP contribution >= 0.6 is 22.6 Å². The van der Waals surface area contributed by atoms with Crippen molar-refractivity contribution in [3.63, 3.8) is 0 Å². The fourth-order valence-electron chi connectivity index (χ4n) is 2.09. The summed E-state index contributed by atoms with van der Waals surface area (Å²) in [6.45, 7) is 2.60. The molecule has 2 atom stereocenters. The van der Waals surface area contributed by atoms with E-state index >= 15 is 0 Å². The van der Waals surface area contributed by atoms with Crippen LogP contribution in [0.15, 0.2) is 18.3 Å². The van der Waals surface area contributed by atoms with Crippen molar-refractivity contribution in [1.82, 2.24) is 4.98 Å². The summed E-state index contributed by atoms with van der Waals surface area (Å²) in [4.78, 5) is 6.17. The maximum absolute atomic E-state index is 10.4. The first-order valence-electron chi connectivity index (χ1n) is 5.39. The molecule has 0 aliphatic carbocycles. The first-order chi connectivity index (χ1) is 7.51. The molecule has 1 aromatic heterocycles. The highest BCUT2D eigenvalue weighted by atomic mass is 127. The van der Waals surface area contributed by atoms with Crippen molar-refractivity contribution < 1.29 is 5.11 Å². The summed E-state index contributed by atoms with van der Waals surface area (Å²) in [5.74, 6) is 0. The van der Waals surface area contributed by atoms with Gasteiger partial charge in [-0.05, 0) is 54.5 Å². The zero-order valence-corrected chi connectivity index (χ0v) is 11.4. The fourth-order valence-corrected chi connectivity index (χ4v) is 2.41. The lowest BCUT2D eigenvalue weighted by atomic mass is 9.94. The molecule has 0 amide bonds. The summed E-state index contributed by atoms with van der Waals surface area (Å²) in [6.07, 6.45) is 3.65. The van der Waals surface area contributed by atoms with Gasteiger partial charge in [0.25, 0.3) is 0 Å². The van der Waals surface area contributed by atoms with Crippen LogP contribution < -0.4 is 10.6 Å². The van der Waals surface area contributed by atoms with Crippen LogP contribution in [-0.2, 0) is 0 Å². The van der Waals surface area contributed by atoms with Crippen LogP contribution in [0.25, 0.3) is 0 Å². The van der Waals surface area contributed by atoms with Gasteiger partial charge in [0.15, 0.2) is 0 Å². The number of hydrogen-bond donors (Lipinski definition) is 2. The van der Waals surface area contributed by atoms with Crippen molar-refractivity contribution in [1.29, 1.82) is 0 Å². The molecule has 2 heterocycles. The molecular formula is C11H16IN3O. The van der Waals surface area contributed by atoms with Crippen LogP contribution in [0.1, 0.15) is 19.8 Å². The maximum atomic E-state index is 10.4. The Bertz CT molecular complexity index is 366. The highest BCUT2D eigenvalue weighted by Gasteiger charge is 2.38. The second kappa shape index (κ2) is 4.46. The van der Waals surface area contributed by atoms with Crippen molar-refractivity contribution >= 4 is 28.3 Å². The van der Waals surface area contributed by atoms with Crippen molar-refractivity contribution in [2.45, 2.75) is 31.5 Å². The minimum Gasteiger partial charge on any atom is -0.370 e. The average Bonchev–Trinajstić information content (AvgIpc) is 2.24. The third-order valence-electron chi connectivity index (χ3n) is 3.17. The molecule has 16 heavy (non-hydrogen) atoms. The third-order valence-corrected chi connectivity index (χ3v) is 3.81. The molecule has 1 saturated heterocycles. The van der Waals surface area contributed by atoms with E-state index in [2.05, 4.69) is 27.6 Å². The molecule has 1 aliphatic heterocycles. The molecule has 1 aliphatic rings. The van der Waals surface area contributed by atoms with Crippen molar-refractivity contribution in [2.24, 2.45) is 5.73 Å². The van der Waals surface area contributed by atoms with Gasteiger partial charge in [0.1, 0.15) is 9.43 Å². The van der Waals surface area contributed by atoms with Crippen LogP contribution in [0.5, 0.6) is 0 Å². The standard InChI is InChI=1S/C11H16IN3O/c1-11(16)9(13)3-2-6-15(11)8-4-5-10(12)14-7-8/h4-5,7,9,16H,2-3,6,13H2,1H3/t9?,11-/m0/s1. The Morgan fingerprint density at radius 3 is 3.00 bits per heavy atom. The molecule has 88 valence electrons. The Morgan fingerprint density at radius 1 is 1.62 bits per heavy atom.